The fourth-order valence-electron chi connectivity index (χ4n) is 3.50. The van der Waals surface area contributed by atoms with Crippen molar-refractivity contribution < 1.29 is 27.5 Å². The number of carbonyl (C=O) groups excluding carboxylic acids is 3. The lowest BCUT2D eigenvalue weighted by atomic mass is 9.99. The van der Waals surface area contributed by atoms with Crippen LogP contribution in [0.4, 0.5) is 5.69 Å². The fourth-order valence-corrected chi connectivity index (χ4v) is 4.49. The Bertz CT molecular complexity index is 1170. The van der Waals surface area contributed by atoms with E-state index in [1.165, 1.54) is 10.4 Å². The number of carbonyl (C=O) groups is 3. The number of esters is 1. The number of Topliss-reactive ketones (excluding diaryl/α,β-unsaturated/α-hetero) is 1. The van der Waals surface area contributed by atoms with Gasteiger partial charge in [0.05, 0.1) is 11.9 Å². The molecule has 0 saturated heterocycles. The number of amides is 1. The summed E-state index contributed by atoms with van der Waals surface area (Å²) in [4.78, 5) is 36.6. The molecule has 2 aromatic rings. The van der Waals surface area contributed by atoms with Crippen molar-refractivity contribution in [3.05, 3.63) is 64.2 Å². The number of sulfonamides is 1. The lowest BCUT2D eigenvalue weighted by Gasteiger charge is -2.29. The van der Waals surface area contributed by atoms with Crippen molar-refractivity contribution in [2.75, 3.05) is 30.3 Å². The number of ether oxygens (including phenoxy) is 1. The standard InChI is InChI=1S/C23H26N2O6S/c1-15-6-7-19(11-16(15)2)23(28)24-13-22(27)31-14-21(26)18-8-9-20-17(12-18)5-4-10-25(20)32(3,29)30/h6-9,11-12H,4-5,10,13-14H2,1-3H3,(H,24,28). The van der Waals surface area contributed by atoms with Crippen LogP contribution >= 0.6 is 0 Å². The quantitative estimate of drug-likeness (QED) is 0.503. The van der Waals surface area contributed by atoms with E-state index in [2.05, 4.69) is 5.32 Å². The third-order valence-electron chi connectivity index (χ3n) is 5.40. The van der Waals surface area contributed by atoms with Gasteiger partial charge in [-0.3, -0.25) is 18.7 Å². The number of nitrogens with one attached hydrogen (secondary N) is 1. The van der Waals surface area contributed by atoms with E-state index in [1.54, 1.807) is 24.3 Å². The van der Waals surface area contributed by atoms with Crippen LogP contribution in [0.5, 0.6) is 0 Å². The van der Waals surface area contributed by atoms with Gasteiger partial charge in [-0.15, -0.1) is 0 Å². The molecule has 0 unspecified atom stereocenters. The predicted octanol–water partition coefficient (Wildman–Crippen LogP) is 2.17. The molecule has 0 radical (unpaired) electrons. The number of hydrogen-bond donors (Lipinski definition) is 1. The summed E-state index contributed by atoms with van der Waals surface area (Å²) in [5.41, 5.74) is 4.14. The normalized spacial score (nSPS) is 13.3. The number of ketones is 1. The molecule has 1 N–H and O–H groups in total. The number of benzene rings is 2. The average molecular weight is 459 g/mol. The van der Waals surface area contributed by atoms with Crippen LogP contribution in [-0.2, 0) is 26.0 Å². The lowest BCUT2D eigenvalue weighted by Crippen LogP contribution is -2.34. The monoisotopic (exact) mass is 458 g/mol. The van der Waals surface area contributed by atoms with Crippen LogP contribution in [0.2, 0.25) is 0 Å². The molecule has 0 fully saturated rings. The molecule has 9 heteroatoms. The second-order valence-electron chi connectivity index (χ2n) is 7.85. The molecule has 2 aromatic carbocycles. The Hall–Kier alpha value is -3.20. The van der Waals surface area contributed by atoms with Crippen LogP contribution < -0.4 is 9.62 Å². The van der Waals surface area contributed by atoms with Crippen LogP contribution in [0.3, 0.4) is 0 Å². The summed E-state index contributed by atoms with van der Waals surface area (Å²) in [5.74, 6) is -1.53. The first-order chi connectivity index (χ1) is 15.1. The third-order valence-corrected chi connectivity index (χ3v) is 6.58. The fraction of sp³-hybridized carbons (Fsp3) is 0.348. The zero-order valence-corrected chi connectivity index (χ0v) is 19.1. The lowest BCUT2D eigenvalue weighted by molar-refractivity contribution is -0.141. The van der Waals surface area contributed by atoms with E-state index in [4.69, 9.17) is 4.74 Å². The number of fused-ring (bicyclic) bond motifs is 1. The zero-order valence-electron chi connectivity index (χ0n) is 18.3. The third kappa shape index (κ3) is 5.53. The van der Waals surface area contributed by atoms with Crippen molar-refractivity contribution in [3.63, 3.8) is 0 Å². The van der Waals surface area contributed by atoms with Gasteiger partial charge >= 0.3 is 5.97 Å². The maximum atomic E-state index is 12.4. The number of hydrogen-bond acceptors (Lipinski definition) is 6. The van der Waals surface area contributed by atoms with Gasteiger partial charge < -0.3 is 10.1 Å². The molecule has 0 aliphatic carbocycles. The van der Waals surface area contributed by atoms with Crippen LogP contribution in [0, 0.1) is 13.8 Å². The average Bonchev–Trinajstić information content (AvgIpc) is 2.76. The molecule has 170 valence electrons. The van der Waals surface area contributed by atoms with Crippen molar-refractivity contribution >= 4 is 33.4 Å². The summed E-state index contributed by atoms with van der Waals surface area (Å²) >= 11 is 0. The number of rotatable bonds is 7. The maximum Gasteiger partial charge on any atom is 0.325 e. The summed E-state index contributed by atoms with van der Waals surface area (Å²) in [6.07, 6.45) is 2.47. The first-order valence-electron chi connectivity index (χ1n) is 10.2. The molecule has 0 bridgehead atoms. The Kier molecular flexibility index (Phi) is 6.98. The van der Waals surface area contributed by atoms with Gasteiger partial charge in [-0.25, -0.2) is 8.42 Å². The van der Waals surface area contributed by atoms with Gasteiger partial charge in [-0.1, -0.05) is 6.07 Å². The van der Waals surface area contributed by atoms with Crippen molar-refractivity contribution in [1.29, 1.82) is 0 Å². The Balaban J connectivity index is 1.54. The van der Waals surface area contributed by atoms with Gasteiger partial charge in [0.1, 0.15) is 6.54 Å². The van der Waals surface area contributed by atoms with E-state index in [0.29, 0.717) is 36.2 Å². The van der Waals surface area contributed by atoms with E-state index >= 15 is 0 Å². The minimum Gasteiger partial charge on any atom is -0.456 e. The first kappa shape index (κ1) is 23.5. The minimum atomic E-state index is -3.39. The SMILES string of the molecule is Cc1ccc(C(=O)NCC(=O)OCC(=O)c2ccc3c(c2)CCCN3S(C)(=O)=O)cc1C. The van der Waals surface area contributed by atoms with Crippen LogP contribution in [0.1, 0.15) is 43.8 Å². The molecular weight excluding hydrogens is 432 g/mol. The van der Waals surface area contributed by atoms with Crippen LogP contribution in [-0.4, -0.2) is 52.0 Å². The summed E-state index contributed by atoms with van der Waals surface area (Å²) < 4.78 is 30.2. The topological polar surface area (TPSA) is 110 Å². The Labute approximate surface area is 187 Å². The number of anilines is 1. The molecule has 1 aliphatic rings. The summed E-state index contributed by atoms with van der Waals surface area (Å²) in [5, 5.41) is 2.48. The molecular formula is C23H26N2O6S. The summed E-state index contributed by atoms with van der Waals surface area (Å²) in [6.45, 7) is 3.42. The van der Waals surface area contributed by atoms with Crippen molar-refractivity contribution in [2.24, 2.45) is 0 Å². The highest BCUT2D eigenvalue weighted by molar-refractivity contribution is 7.92. The van der Waals surface area contributed by atoms with Gasteiger partial charge in [0.2, 0.25) is 10.0 Å². The van der Waals surface area contributed by atoms with Crippen LogP contribution in [0.15, 0.2) is 36.4 Å². The Morgan fingerprint density at radius 2 is 1.75 bits per heavy atom. The highest BCUT2D eigenvalue weighted by Gasteiger charge is 2.25. The second kappa shape index (κ2) is 9.52. The molecule has 1 amide bonds. The summed E-state index contributed by atoms with van der Waals surface area (Å²) in [7, 11) is -3.39. The largest absolute Gasteiger partial charge is 0.456 e. The predicted molar refractivity (Wildman–Crippen MR) is 120 cm³/mol. The zero-order chi connectivity index (χ0) is 23.5. The molecule has 32 heavy (non-hydrogen) atoms. The first-order valence-corrected chi connectivity index (χ1v) is 12.1. The van der Waals surface area contributed by atoms with Crippen molar-refractivity contribution in [3.8, 4) is 0 Å². The van der Waals surface area contributed by atoms with Crippen molar-refractivity contribution in [1.82, 2.24) is 5.32 Å². The van der Waals surface area contributed by atoms with Gasteiger partial charge in [0, 0.05) is 17.7 Å². The van der Waals surface area contributed by atoms with Gasteiger partial charge in [-0.05, 0) is 73.7 Å². The van der Waals surface area contributed by atoms with E-state index in [1.807, 2.05) is 19.9 Å². The van der Waals surface area contributed by atoms with Crippen LogP contribution in [0.25, 0.3) is 0 Å². The molecule has 8 nitrogen and oxygen atoms in total. The Morgan fingerprint density at radius 3 is 2.44 bits per heavy atom. The van der Waals surface area contributed by atoms with E-state index in [0.717, 1.165) is 22.9 Å². The highest BCUT2D eigenvalue weighted by Crippen LogP contribution is 2.30. The van der Waals surface area contributed by atoms with Gasteiger partial charge in [-0.2, -0.15) is 0 Å². The molecule has 1 aliphatic heterocycles. The summed E-state index contributed by atoms with van der Waals surface area (Å²) in [6, 6.07) is 10.0. The Morgan fingerprint density at radius 1 is 1.03 bits per heavy atom. The van der Waals surface area contributed by atoms with Gasteiger partial charge in [0.25, 0.3) is 5.91 Å². The molecule has 0 saturated carbocycles. The molecule has 0 aromatic heterocycles. The van der Waals surface area contributed by atoms with Gasteiger partial charge in [0.15, 0.2) is 12.4 Å². The highest BCUT2D eigenvalue weighted by atomic mass is 32.2. The van der Waals surface area contributed by atoms with E-state index in [-0.39, 0.29) is 6.54 Å². The second-order valence-corrected chi connectivity index (χ2v) is 9.75. The molecule has 1 heterocycles. The minimum absolute atomic E-state index is 0.339. The van der Waals surface area contributed by atoms with Crippen molar-refractivity contribution in [2.45, 2.75) is 26.7 Å². The molecule has 0 spiro atoms. The maximum absolute atomic E-state index is 12.4. The molecule has 3 rings (SSSR count). The number of aryl methyl sites for hydroxylation is 3. The molecule has 0 atom stereocenters. The van der Waals surface area contributed by atoms with E-state index < -0.39 is 34.3 Å². The smallest absolute Gasteiger partial charge is 0.325 e. The number of nitrogens with zero attached hydrogens (tertiary/aromatic N) is 1. The van der Waals surface area contributed by atoms with E-state index in [9.17, 15) is 22.8 Å².